The highest BCUT2D eigenvalue weighted by Gasteiger charge is 2.23. The molecule has 2 rings (SSSR count). The van der Waals surface area contributed by atoms with Crippen LogP contribution in [0.3, 0.4) is 0 Å². The summed E-state index contributed by atoms with van der Waals surface area (Å²) in [5.74, 6) is 1.61. The summed E-state index contributed by atoms with van der Waals surface area (Å²) in [5, 5.41) is 0. The molecule has 4 N–H and O–H groups in total. The second-order valence-electron chi connectivity index (χ2n) is 6.81. The van der Waals surface area contributed by atoms with Crippen LogP contribution in [0, 0.1) is 5.92 Å². The van der Waals surface area contributed by atoms with Crippen LogP contribution in [0.2, 0.25) is 0 Å². The Morgan fingerprint density at radius 1 is 0.952 bits per heavy atom. The molecule has 1 aliphatic carbocycles. The Morgan fingerprint density at radius 2 is 1.67 bits per heavy atom. The van der Waals surface area contributed by atoms with Crippen LogP contribution in [0.5, 0.6) is 0 Å². The molecule has 21 heavy (non-hydrogen) atoms. The number of nitrogen functional groups attached to an aromatic ring is 2. The summed E-state index contributed by atoms with van der Waals surface area (Å²) in [7, 11) is 0. The first kappa shape index (κ1) is 16.2. The van der Waals surface area contributed by atoms with Crippen molar-refractivity contribution >= 4 is 11.4 Å². The van der Waals surface area contributed by atoms with Crippen LogP contribution < -0.4 is 11.5 Å². The maximum Gasteiger partial charge on any atom is 0.0370 e. The second-order valence-corrected chi connectivity index (χ2v) is 6.81. The monoisotopic (exact) mass is 288 g/mol. The van der Waals surface area contributed by atoms with Crippen LogP contribution in [-0.4, -0.2) is 0 Å². The first-order valence-corrected chi connectivity index (χ1v) is 8.85. The molecule has 0 radical (unpaired) electrons. The molecule has 1 aromatic carbocycles. The van der Waals surface area contributed by atoms with Crippen LogP contribution in [0.25, 0.3) is 0 Å². The summed E-state index contributed by atoms with van der Waals surface area (Å²) in [5.41, 5.74) is 14.9. The van der Waals surface area contributed by atoms with Gasteiger partial charge >= 0.3 is 0 Å². The van der Waals surface area contributed by atoms with Gasteiger partial charge in [-0.15, -0.1) is 0 Å². The first-order valence-electron chi connectivity index (χ1n) is 8.85. The molecule has 0 aliphatic heterocycles. The molecule has 118 valence electrons. The van der Waals surface area contributed by atoms with Crippen LogP contribution in [0.15, 0.2) is 18.2 Å². The molecule has 1 fully saturated rings. The lowest BCUT2D eigenvalue weighted by Crippen LogP contribution is -2.14. The van der Waals surface area contributed by atoms with Crippen molar-refractivity contribution in [2.75, 3.05) is 11.5 Å². The number of nitrogens with two attached hydrogens (primary N) is 2. The molecule has 0 saturated heterocycles. The molecule has 0 atom stereocenters. The lowest BCUT2D eigenvalue weighted by Gasteiger charge is -2.29. The molecule has 2 nitrogen and oxygen atoms in total. The zero-order chi connectivity index (χ0) is 15.1. The van der Waals surface area contributed by atoms with Crippen molar-refractivity contribution in [1.82, 2.24) is 0 Å². The molecule has 0 spiro atoms. The summed E-state index contributed by atoms with van der Waals surface area (Å²) in [6.45, 7) is 2.28. The third-order valence-corrected chi connectivity index (χ3v) is 5.11. The normalized spacial score (nSPS) is 22.3. The van der Waals surface area contributed by atoms with Crippen molar-refractivity contribution in [3.05, 3.63) is 23.8 Å². The Morgan fingerprint density at radius 3 is 2.33 bits per heavy atom. The molecule has 0 heterocycles. The minimum Gasteiger partial charge on any atom is -0.399 e. The van der Waals surface area contributed by atoms with Gasteiger partial charge in [-0.1, -0.05) is 51.5 Å². The summed E-state index contributed by atoms with van der Waals surface area (Å²) < 4.78 is 0. The van der Waals surface area contributed by atoms with Crippen LogP contribution in [0.1, 0.15) is 82.6 Å². The highest BCUT2D eigenvalue weighted by Crippen LogP contribution is 2.39. The minimum absolute atomic E-state index is 0.655. The van der Waals surface area contributed by atoms with E-state index in [2.05, 4.69) is 13.0 Å². The molecule has 0 amide bonds. The fourth-order valence-electron chi connectivity index (χ4n) is 3.76. The molecule has 0 unspecified atom stereocenters. The molecule has 1 aromatic rings. The van der Waals surface area contributed by atoms with E-state index in [-0.39, 0.29) is 0 Å². The molecule has 0 bridgehead atoms. The SMILES string of the molecule is CCCCCCCC1CCC(c2ccc(N)cc2N)CC1. The number of benzene rings is 1. The van der Waals surface area contributed by atoms with E-state index in [0.717, 1.165) is 17.3 Å². The second kappa shape index (κ2) is 8.31. The van der Waals surface area contributed by atoms with Crippen molar-refractivity contribution in [2.24, 2.45) is 5.92 Å². The van der Waals surface area contributed by atoms with Crippen LogP contribution in [0.4, 0.5) is 11.4 Å². The fraction of sp³-hybridized carbons (Fsp3) is 0.684. The van der Waals surface area contributed by atoms with Gasteiger partial charge in [0.1, 0.15) is 0 Å². The standard InChI is InChI=1S/C19H32N2/c1-2-3-4-5-6-7-15-8-10-16(11-9-15)18-13-12-17(20)14-19(18)21/h12-16H,2-11,20-21H2,1H3. The van der Waals surface area contributed by atoms with Gasteiger partial charge in [0.15, 0.2) is 0 Å². The van der Waals surface area contributed by atoms with Crippen molar-refractivity contribution in [3.8, 4) is 0 Å². The third-order valence-electron chi connectivity index (χ3n) is 5.11. The Hall–Kier alpha value is -1.18. The first-order chi connectivity index (χ1) is 10.2. The Kier molecular flexibility index (Phi) is 6.41. The van der Waals surface area contributed by atoms with Crippen molar-refractivity contribution in [2.45, 2.75) is 77.0 Å². The van der Waals surface area contributed by atoms with Gasteiger partial charge in [0.2, 0.25) is 0 Å². The number of hydrogen-bond donors (Lipinski definition) is 2. The van der Waals surface area contributed by atoms with E-state index in [0.29, 0.717) is 5.92 Å². The summed E-state index contributed by atoms with van der Waals surface area (Å²) in [4.78, 5) is 0. The van der Waals surface area contributed by atoms with Gasteiger partial charge in [0.25, 0.3) is 0 Å². The molecule has 2 heteroatoms. The topological polar surface area (TPSA) is 52.0 Å². The highest BCUT2D eigenvalue weighted by molar-refractivity contribution is 5.57. The Labute approximate surface area is 130 Å². The van der Waals surface area contributed by atoms with E-state index in [9.17, 15) is 0 Å². The fourth-order valence-corrected chi connectivity index (χ4v) is 3.76. The number of unbranched alkanes of at least 4 members (excludes halogenated alkanes) is 4. The maximum atomic E-state index is 6.13. The van der Waals surface area contributed by atoms with Gasteiger partial charge in [-0.05, 0) is 55.2 Å². The lowest BCUT2D eigenvalue weighted by molar-refractivity contribution is 0.302. The predicted octanol–water partition coefficient (Wildman–Crippen LogP) is 5.49. The van der Waals surface area contributed by atoms with E-state index in [1.165, 1.54) is 69.8 Å². The lowest BCUT2D eigenvalue weighted by atomic mass is 9.76. The number of rotatable bonds is 7. The van der Waals surface area contributed by atoms with Gasteiger partial charge < -0.3 is 11.5 Å². The van der Waals surface area contributed by atoms with Crippen molar-refractivity contribution < 1.29 is 0 Å². The molecule has 1 aliphatic rings. The van der Waals surface area contributed by atoms with Crippen molar-refractivity contribution in [3.63, 3.8) is 0 Å². The van der Waals surface area contributed by atoms with Gasteiger partial charge in [-0.3, -0.25) is 0 Å². The highest BCUT2D eigenvalue weighted by atomic mass is 14.6. The van der Waals surface area contributed by atoms with Crippen LogP contribution >= 0.6 is 0 Å². The Balaban J connectivity index is 1.73. The minimum atomic E-state index is 0.655. The van der Waals surface area contributed by atoms with Gasteiger partial charge in [-0.25, -0.2) is 0 Å². The average Bonchev–Trinajstić information content (AvgIpc) is 2.48. The Bertz CT molecular complexity index is 420. The molecular formula is C19H32N2. The van der Waals surface area contributed by atoms with E-state index in [1.54, 1.807) is 0 Å². The summed E-state index contributed by atoms with van der Waals surface area (Å²) >= 11 is 0. The van der Waals surface area contributed by atoms with Crippen LogP contribution in [-0.2, 0) is 0 Å². The number of hydrogen-bond acceptors (Lipinski definition) is 2. The zero-order valence-electron chi connectivity index (χ0n) is 13.6. The van der Waals surface area contributed by atoms with Gasteiger partial charge in [0, 0.05) is 11.4 Å². The van der Waals surface area contributed by atoms with Gasteiger partial charge in [-0.2, -0.15) is 0 Å². The zero-order valence-corrected chi connectivity index (χ0v) is 13.6. The quantitative estimate of drug-likeness (QED) is 0.515. The average molecular weight is 288 g/mol. The van der Waals surface area contributed by atoms with E-state index in [4.69, 9.17) is 11.5 Å². The summed E-state index contributed by atoms with van der Waals surface area (Å²) in [6, 6.07) is 6.04. The maximum absolute atomic E-state index is 6.13. The molecular weight excluding hydrogens is 256 g/mol. The third kappa shape index (κ3) is 4.94. The predicted molar refractivity (Wildman–Crippen MR) is 93.3 cm³/mol. The van der Waals surface area contributed by atoms with Gasteiger partial charge in [0.05, 0.1) is 0 Å². The van der Waals surface area contributed by atoms with Crippen molar-refractivity contribution in [1.29, 1.82) is 0 Å². The van der Waals surface area contributed by atoms with E-state index < -0.39 is 0 Å². The van der Waals surface area contributed by atoms with E-state index >= 15 is 0 Å². The molecule has 0 aromatic heterocycles. The number of anilines is 2. The largest absolute Gasteiger partial charge is 0.399 e. The van der Waals surface area contributed by atoms with E-state index in [1.807, 2.05) is 12.1 Å². The summed E-state index contributed by atoms with van der Waals surface area (Å²) in [6.07, 6.45) is 13.8. The smallest absolute Gasteiger partial charge is 0.0370 e. The molecule has 1 saturated carbocycles.